The first kappa shape index (κ1) is 37.6. The van der Waals surface area contributed by atoms with E-state index < -0.39 is 0 Å². The van der Waals surface area contributed by atoms with Gasteiger partial charge in [-0.3, -0.25) is 0 Å². The molecule has 0 radical (unpaired) electrons. The lowest BCUT2D eigenvalue weighted by atomic mass is 9.77. The number of hydrogen-bond acceptors (Lipinski definition) is 1. The minimum atomic E-state index is 0.103. The molecule has 0 fully saturated rings. The molecule has 0 atom stereocenters. The molecule has 8 aromatic carbocycles. The van der Waals surface area contributed by atoms with Gasteiger partial charge in [0.25, 0.3) is 0 Å². The van der Waals surface area contributed by atoms with Gasteiger partial charge in [0.05, 0.1) is 0 Å². The third-order valence-corrected chi connectivity index (χ3v) is 12.0. The molecule has 1 aliphatic rings. The molecule has 0 saturated heterocycles. The molecule has 0 bridgehead atoms. The first-order valence-corrected chi connectivity index (χ1v) is 21.0. The van der Waals surface area contributed by atoms with Crippen molar-refractivity contribution in [3.05, 3.63) is 174 Å². The van der Waals surface area contributed by atoms with Crippen molar-refractivity contribution in [2.45, 2.75) is 79.6 Å². The maximum atomic E-state index is 2.43. The van der Waals surface area contributed by atoms with Crippen molar-refractivity contribution in [1.29, 1.82) is 0 Å². The fraction of sp³-hybridized carbons (Fsp3) is 0.228. The Morgan fingerprint density at radius 3 is 1.19 bits per heavy atom. The van der Waals surface area contributed by atoms with Crippen molar-refractivity contribution in [2.24, 2.45) is 5.41 Å². The van der Waals surface area contributed by atoms with Crippen LogP contribution < -0.4 is 4.90 Å². The summed E-state index contributed by atoms with van der Waals surface area (Å²) < 4.78 is 0. The van der Waals surface area contributed by atoms with Crippen molar-refractivity contribution in [3.63, 3.8) is 0 Å². The van der Waals surface area contributed by atoms with Gasteiger partial charge in [0.2, 0.25) is 0 Å². The molecule has 0 unspecified atom stereocenters. The first-order chi connectivity index (χ1) is 27.6. The summed E-state index contributed by atoms with van der Waals surface area (Å²) in [6.07, 6.45) is 1.05. The summed E-state index contributed by atoms with van der Waals surface area (Å²) in [5.41, 5.74) is 18.4. The van der Waals surface area contributed by atoms with Gasteiger partial charge in [-0.15, -0.1) is 0 Å². The molecule has 1 heteroatoms. The van der Waals surface area contributed by atoms with Crippen LogP contribution in [-0.2, 0) is 17.3 Å². The number of benzene rings is 8. The molecular weight excluding hydrogens is 699 g/mol. The molecule has 0 saturated carbocycles. The van der Waals surface area contributed by atoms with Gasteiger partial charge < -0.3 is 4.90 Å². The second-order valence-electron chi connectivity index (χ2n) is 19.8. The Labute approximate surface area is 346 Å². The fourth-order valence-corrected chi connectivity index (χ4v) is 8.78. The third-order valence-electron chi connectivity index (χ3n) is 12.0. The highest BCUT2D eigenvalue weighted by Gasteiger charge is 2.26. The van der Waals surface area contributed by atoms with Gasteiger partial charge in [-0.05, 0) is 178 Å². The molecule has 0 N–H and O–H groups in total. The Bertz CT molecular complexity index is 2800. The molecule has 288 valence electrons. The highest BCUT2D eigenvalue weighted by atomic mass is 15.1. The van der Waals surface area contributed by atoms with E-state index in [1.165, 1.54) is 82.7 Å². The van der Waals surface area contributed by atoms with Crippen LogP contribution in [-0.4, -0.2) is 0 Å². The molecule has 0 heterocycles. The Morgan fingerprint density at radius 2 is 0.741 bits per heavy atom. The van der Waals surface area contributed by atoms with E-state index >= 15 is 0 Å². The predicted octanol–water partition coefficient (Wildman–Crippen LogP) is 16.6. The summed E-state index contributed by atoms with van der Waals surface area (Å²) in [6, 6.07) is 59.8. The van der Waals surface area contributed by atoms with Crippen LogP contribution in [0.5, 0.6) is 0 Å². The fourth-order valence-electron chi connectivity index (χ4n) is 8.78. The number of hydrogen-bond donors (Lipinski definition) is 0. The van der Waals surface area contributed by atoms with Crippen molar-refractivity contribution >= 4 is 38.6 Å². The van der Waals surface area contributed by atoms with Gasteiger partial charge in [0.1, 0.15) is 0 Å². The third kappa shape index (κ3) is 7.13. The van der Waals surface area contributed by atoms with Crippen LogP contribution in [0.2, 0.25) is 0 Å². The zero-order valence-corrected chi connectivity index (χ0v) is 35.7. The Kier molecular flexibility index (Phi) is 9.01. The van der Waals surface area contributed by atoms with E-state index in [0.29, 0.717) is 0 Å². The van der Waals surface area contributed by atoms with Gasteiger partial charge in [-0.2, -0.15) is 0 Å². The molecule has 9 rings (SSSR count). The zero-order chi connectivity index (χ0) is 40.6. The lowest BCUT2D eigenvalue weighted by Crippen LogP contribution is -2.11. The number of fused-ring (bicyclic) bond motifs is 6. The van der Waals surface area contributed by atoms with Crippen molar-refractivity contribution in [1.82, 2.24) is 0 Å². The molecule has 1 aliphatic carbocycles. The Hall–Kier alpha value is -5.92. The van der Waals surface area contributed by atoms with Crippen molar-refractivity contribution < 1.29 is 0 Å². The maximum absolute atomic E-state index is 2.43. The van der Waals surface area contributed by atoms with Crippen LogP contribution >= 0.6 is 0 Å². The second kappa shape index (κ2) is 13.9. The summed E-state index contributed by atoms with van der Waals surface area (Å²) in [5, 5.41) is 5.06. The molecule has 0 amide bonds. The van der Waals surface area contributed by atoms with Gasteiger partial charge in [0, 0.05) is 17.1 Å². The highest BCUT2D eigenvalue weighted by molar-refractivity contribution is 6.13. The first-order valence-electron chi connectivity index (χ1n) is 21.0. The van der Waals surface area contributed by atoms with E-state index in [4.69, 9.17) is 0 Å². The van der Waals surface area contributed by atoms with E-state index in [9.17, 15) is 0 Å². The SMILES string of the molecule is CC(C)(C)Cc1ccc(N(c2ccccc2)c2ccc3cc4c(cc3c2)-c2cc3cc(-c5ccc(C(C)(C)C)cc5)c(-c5ccc(C(C)(C)C)cc5)cc3cc2-4)cc1. The molecule has 0 spiro atoms. The average Bonchev–Trinajstić information content (AvgIpc) is 3.19. The topological polar surface area (TPSA) is 3.24 Å². The van der Waals surface area contributed by atoms with Gasteiger partial charge >= 0.3 is 0 Å². The van der Waals surface area contributed by atoms with Crippen LogP contribution in [0.15, 0.2) is 158 Å². The summed E-state index contributed by atoms with van der Waals surface area (Å²) in [5.74, 6) is 0. The van der Waals surface area contributed by atoms with E-state index in [2.05, 4.69) is 225 Å². The molecular formula is C57H55N. The summed E-state index contributed by atoms with van der Waals surface area (Å²) in [7, 11) is 0. The molecule has 0 aliphatic heterocycles. The maximum Gasteiger partial charge on any atom is 0.0468 e. The van der Waals surface area contributed by atoms with E-state index in [1.807, 2.05) is 0 Å². The van der Waals surface area contributed by atoms with E-state index in [-0.39, 0.29) is 16.2 Å². The lowest BCUT2D eigenvalue weighted by molar-refractivity contribution is 0.411. The number of para-hydroxylation sites is 1. The highest BCUT2D eigenvalue weighted by Crippen LogP contribution is 2.52. The smallest absolute Gasteiger partial charge is 0.0468 e. The number of anilines is 3. The van der Waals surface area contributed by atoms with Gasteiger partial charge in [-0.1, -0.05) is 147 Å². The minimum absolute atomic E-state index is 0.103. The quantitative estimate of drug-likeness (QED) is 0.163. The zero-order valence-electron chi connectivity index (χ0n) is 35.7. The summed E-state index contributed by atoms with van der Waals surface area (Å²) in [6.45, 7) is 20.6. The van der Waals surface area contributed by atoms with E-state index in [1.54, 1.807) is 0 Å². The molecule has 58 heavy (non-hydrogen) atoms. The van der Waals surface area contributed by atoms with Crippen molar-refractivity contribution in [3.8, 4) is 44.5 Å². The van der Waals surface area contributed by atoms with Crippen LogP contribution in [0.3, 0.4) is 0 Å². The average molecular weight is 754 g/mol. The largest absolute Gasteiger partial charge is 0.310 e. The van der Waals surface area contributed by atoms with Crippen molar-refractivity contribution in [2.75, 3.05) is 4.90 Å². The standard InChI is InChI=1S/C57H55N/c1-55(2,3)36-37-15-26-47(27-16-37)58(46-13-11-10-12-14-46)48-28-21-40-30-51-52(33-41(40)29-48)54-35-43-32-50(39-19-24-45(25-20-39)57(7,8)9)49(31-42(43)34-53(51)54)38-17-22-44(23-18-38)56(4,5)6/h10-35H,36H2,1-9H3. The van der Waals surface area contributed by atoms with Crippen LogP contribution in [0, 0.1) is 5.41 Å². The van der Waals surface area contributed by atoms with Crippen LogP contribution in [0.4, 0.5) is 17.1 Å². The minimum Gasteiger partial charge on any atom is -0.310 e. The summed E-state index contributed by atoms with van der Waals surface area (Å²) >= 11 is 0. The molecule has 8 aromatic rings. The monoisotopic (exact) mass is 753 g/mol. The Balaban J connectivity index is 1.13. The molecule has 0 aromatic heterocycles. The second-order valence-corrected chi connectivity index (χ2v) is 19.8. The van der Waals surface area contributed by atoms with Gasteiger partial charge in [0.15, 0.2) is 0 Å². The number of rotatable bonds is 6. The van der Waals surface area contributed by atoms with Gasteiger partial charge in [-0.25, -0.2) is 0 Å². The van der Waals surface area contributed by atoms with Crippen LogP contribution in [0.25, 0.3) is 66.1 Å². The predicted molar refractivity (Wildman–Crippen MR) is 252 cm³/mol. The lowest BCUT2D eigenvalue weighted by Gasteiger charge is -2.28. The normalized spacial score (nSPS) is 12.6. The molecule has 1 nitrogen and oxygen atoms in total. The van der Waals surface area contributed by atoms with E-state index in [0.717, 1.165) is 23.5 Å². The number of nitrogens with zero attached hydrogens (tertiary/aromatic N) is 1. The Morgan fingerprint density at radius 1 is 0.345 bits per heavy atom. The van der Waals surface area contributed by atoms with Crippen LogP contribution in [0.1, 0.15) is 79.0 Å². The summed E-state index contributed by atoms with van der Waals surface area (Å²) in [4.78, 5) is 2.38.